The van der Waals surface area contributed by atoms with E-state index >= 15 is 0 Å². The molecule has 3 N–H and O–H groups in total. The molecular weight excluding hydrogens is 292 g/mol. The molecule has 5 nitrogen and oxygen atoms in total. The molecular formula is C18H26N2O3. The van der Waals surface area contributed by atoms with Gasteiger partial charge < -0.3 is 15.7 Å². The zero-order valence-corrected chi connectivity index (χ0v) is 13.8. The summed E-state index contributed by atoms with van der Waals surface area (Å²) in [4.78, 5) is 24.3. The Kier molecular flexibility index (Phi) is 6.16. The van der Waals surface area contributed by atoms with Crippen molar-refractivity contribution < 1.29 is 14.7 Å². The van der Waals surface area contributed by atoms with Crippen molar-refractivity contribution in [2.75, 3.05) is 6.54 Å². The highest BCUT2D eigenvalue weighted by Gasteiger charge is 2.24. The molecule has 0 saturated heterocycles. The van der Waals surface area contributed by atoms with Crippen LogP contribution in [0.3, 0.4) is 0 Å². The second kappa shape index (κ2) is 8.11. The van der Waals surface area contributed by atoms with Gasteiger partial charge in [-0.15, -0.1) is 0 Å². The molecule has 0 aliphatic heterocycles. The van der Waals surface area contributed by atoms with E-state index in [0.717, 1.165) is 31.2 Å². The summed E-state index contributed by atoms with van der Waals surface area (Å²) in [7, 11) is 0. The zero-order chi connectivity index (χ0) is 16.8. The molecule has 0 aromatic heterocycles. The molecule has 126 valence electrons. The lowest BCUT2D eigenvalue weighted by atomic mass is 9.86. The van der Waals surface area contributed by atoms with Crippen LogP contribution in [0.25, 0.3) is 0 Å². The van der Waals surface area contributed by atoms with Crippen molar-refractivity contribution in [3.63, 3.8) is 0 Å². The predicted octanol–water partition coefficient (Wildman–Crippen LogP) is 1.78. The summed E-state index contributed by atoms with van der Waals surface area (Å²) >= 11 is 0. The predicted molar refractivity (Wildman–Crippen MR) is 89.1 cm³/mol. The Morgan fingerprint density at radius 3 is 2.74 bits per heavy atom. The van der Waals surface area contributed by atoms with Gasteiger partial charge in [-0.25, -0.2) is 0 Å². The van der Waals surface area contributed by atoms with Crippen molar-refractivity contribution in [1.82, 2.24) is 10.6 Å². The first-order valence-electron chi connectivity index (χ1n) is 8.30. The van der Waals surface area contributed by atoms with Gasteiger partial charge in [-0.3, -0.25) is 9.59 Å². The number of hydrogen-bond donors (Lipinski definition) is 3. The molecule has 5 heteroatoms. The van der Waals surface area contributed by atoms with Crippen molar-refractivity contribution in [2.24, 2.45) is 5.92 Å². The molecule has 0 spiro atoms. The minimum absolute atomic E-state index is 0.118. The third-order valence-electron chi connectivity index (χ3n) is 4.43. The monoisotopic (exact) mass is 318 g/mol. The van der Waals surface area contributed by atoms with Gasteiger partial charge >= 0.3 is 0 Å². The Morgan fingerprint density at radius 1 is 1.30 bits per heavy atom. The Labute approximate surface area is 137 Å². The Hall–Kier alpha value is -1.88. The molecule has 1 fully saturated rings. The van der Waals surface area contributed by atoms with Crippen molar-refractivity contribution in [3.8, 4) is 0 Å². The van der Waals surface area contributed by atoms with E-state index in [1.807, 2.05) is 19.1 Å². The van der Waals surface area contributed by atoms with E-state index in [9.17, 15) is 14.7 Å². The zero-order valence-electron chi connectivity index (χ0n) is 13.8. The largest absolute Gasteiger partial charge is 0.393 e. The first-order valence-corrected chi connectivity index (χ1v) is 8.30. The van der Waals surface area contributed by atoms with Crippen LogP contribution in [0.4, 0.5) is 0 Å². The molecule has 23 heavy (non-hydrogen) atoms. The number of amides is 2. The Bertz CT molecular complexity index is 559. The van der Waals surface area contributed by atoms with Gasteiger partial charge in [0.1, 0.15) is 6.04 Å². The minimum Gasteiger partial charge on any atom is -0.393 e. The second-order valence-corrected chi connectivity index (χ2v) is 6.42. The number of aliphatic hydroxyl groups is 1. The van der Waals surface area contributed by atoms with Gasteiger partial charge in [0.25, 0.3) is 5.91 Å². The molecule has 2 rings (SSSR count). The number of benzene rings is 1. The summed E-state index contributed by atoms with van der Waals surface area (Å²) < 4.78 is 0. The lowest BCUT2D eigenvalue weighted by molar-refractivity contribution is -0.123. The summed E-state index contributed by atoms with van der Waals surface area (Å²) in [5.74, 6) is -0.356. The van der Waals surface area contributed by atoms with Crippen LogP contribution in [-0.2, 0) is 4.79 Å². The van der Waals surface area contributed by atoms with Crippen molar-refractivity contribution >= 4 is 11.8 Å². The molecule has 1 aromatic rings. The van der Waals surface area contributed by atoms with E-state index in [-0.39, 0.29) is 23.8 Å². The van der Waals surface area contributed by atoms with Gasteiger partial charge in [-0.05, 0) is 38.8 Å². The molecule has 1 aliphatic rings. The van der Waals surface area contributed by atoms with Crippen LogP contribution >= 0.6 is 0 Å². The van der Waals surface area contributed by atoms with Gasteiger partial charge in [-0.1, -0.05) is 30.5 Å². The molecule has 1 saturated carbocycles. The Balaban J connectivity index is 1.81. The number of carbonyl (C=O) groups excluding carboxylic acids is 2. The highest BCUT2D eigenvalue weighted by molar-refractivity contribution is 5.97. The van der Waals surface area contributed by atoms with Crippen molar-refractivity contribution in [2.45, 2.75) is 51.7 Å². The number of rotatable bonds is 5. The summed E-state index contributed by atoms with van der Waals surface area (Å²) in [6, 6.07) is 6.65. The minimum atomic E-state index is -0.608. The normalized spacial score (nSPS) is 22.2. The number of carbonyl (C=O) groups is 2. The molecule has 1 aliphatic carbocycles. The molecule has 0 heterocycles. The van der Waals surface area contributed by atoms with Crippen LogP contribution in [0.5, 0.6) is 0 Å². The standard InChI is InChI=1S/C18H26N2O3/c1-12-6-5-8-14(10-12)18(23)20-13(2)17(22)19-11-15-7-3-4-9-16(15)21/h5-6,8,10,13,15-16,21H,3-4,7,9,11H2,1-2H3,(H,19,22)(H,20,23). The fraction of sp³-hybridized carbons (Fsp3) is 0.556. The van der Waals surface area contributed by atoms with Gasteiger partial charge in [0, 0.05) is 18.0 Å². The first-order chi connectivity index (χ1) is 11.0. The lowest BCUT2D eigenvalue weighted by Crippen LogP contribution is -2.47. The molecule has 0 radical (unpaired) electrons. The van der Waals surface area contributed by atoms with Crippen LogP contribution in [0.15, 0.2) is 24.3 Å². The van der Waals surface area contributed by atoms with Gasteiger partial charge in [0.2, 0.25) is 5.91 Å². The Morgan fingerprint density at radius 2 is 2.04 bits per heavy atom. The van der Waals surface area contributed by atoms with Crippen molar-refractivity contribution in [1.29, 1.82) is 0 Å². The summed E-state index contributed by atoms with van der Waals surface area (Å²) in [6.07, 6.45) is 3.55. The third kappa shape index (κ3) is 5.06. The van der Waals surface area contributed by atoms with Gasteiger partial charge in [0.05, 0.1) is 6.10 Å². The van der Waals surface area contributed by atoms with Gasteiger partial charge in [0.15, 0.2) is 0 Å². The van der Waals surface area contributed by atoms with E-state index in [0.29, 0.717) is 12.1 Å². The second-order valence-electron chi connectivity index (χ2n) is 6.42. The topological polar surface area (TPSA) is 78.4 Å². The highest BCUT2D eigenvalue weighted by atomic mass is 16.3. The first kappa shape index (κ1) is 17.5. The molecule has 3 atom stereocenters. The molecule has 3 unspecified atom stereocenters. The summed E-state index contributed by atoms with van der Waals surface area (Å²) in [6.45, 7) is 4.05. The fourth-order valence-electron chi connectivity index (χ4n) is 2.94. The highest BCUT2D eigenvalue weighted by Crippen LogP contribution is 2.23. The van der Waals surface area contributed by atoms with E-state index in [1.165, 1.54) is 0 Å². The molecule has 2 amide bonds. The SMILES string of the molecule is Cc1cccc(C(=O)NC(C)C(=O)NCC2CCCCC2O)c1. The number of aryl methyl sites for hydroxylation is 1. The quantitative estimate of drug-likeness (QED) is 0.774. The maximum Gasteiger partial charge on any atom is 0.251 e. The average Bonchev–Trinajstić information content (AvgIpc) is 2.53. The smallest absolute Gasteiger partial charge is 0.251 e. The van der Waals surface area contributed by atoms with E-state index < -0.39 is 6.04 Å². The summed E-state index contributed by atoms with van der Waals surface area (Å²) in [5.41, 5.74) is 1.55. The van der Waals surface area contributed by atoms with Crippen LogP contribution in [-0.4, -0.2) is 35.6 Å². The van der Waals surface area contributed by atoms with Crippen LogP contribution in [0, 0.1) is 12.8 Å². The van der Waals surface area contributed by atoms with Gasteiger partial charge in [-0.2, -0.15) is 0 Å². The third-order valence-corrected chi connectivity index (χ3v) is 4.43. The molecule has 1 aromatic carbocycles. The van der Waals surface area contributed by atoms with E-state index in [1.54, 1.807) is 19.1 Å². The lowest BCUT2D eigenvalue weighted by Gasteiger charge is -2.28. The number of aliphatic hydroxyl groups excluding tert-OH is 1. The number of nitrogens with one attached hydrogen (secondary N) is 2. The maximum absolute atomic E-state index is 12.1. The van der Waals surface area contributed by atoms with Crippen LogP contribution in [0.1, 0.15) is 48.5 Å². The summed E-state index contributed by atoms with van der Waals surface area (Å²) in [5, 5.41) is 15.5. The van der Waals surface area contributed by atoms with E-state index in [4.69, 9.17) is 0 Å². The molecule has 0 bridgehead atoms. The van der Waals surface area contributed by atoms with E-state index in [2.05, 4.69) is 10.6 Å². The van der Waals surface area contributed by atoms with Crippen LogP contribution in [0.2, 0.25) is 0 Å². The maximum atomic E-state index is 12.1. The van der Waals surface area contributed by atoms with Crippen molar-refractivity contribution in [3.05, 3.63) is 35.4 Å². The fourth-order valence-corrected chi connectivity index (χ4v) is 2.94. The average molecular weight is 318 g/mol. The van der Waals surface area contributed by atoms with Crippen LogP contribution < -0.4 is 10.6 Å². The number of hydrogen-bond acceptors (Lipinski definition) is 3.